The van der Waals surface area contributed by atoms with Crippen molar-refractivity contribution in [1.29, 1.82) is 0 Å². The standard InChI is InChI=1S/C47H90NO7P/c1-3-5-7-9-11-13-15-17-19-21-22-23-25-27-29-31-33-35-37-39-42-52-44-46(45-54-56(50,51)53-43-41-48)55-47(49)40-38-36-34-32-30-28-26-24-20-18-16-14-12-10-8-6-4-2/h12,14,17-20,46H,3-11,13,15-16,21-45,48H2,1-2H3,(H,50,51)/b14-12-,19-17-,20-18-. The molecule has 2 unspecified atom stereocenters. The van der Waals surface area contributed by atoms with E-state index in [0.29, 0.717) is 13.0 Å². The van der Waals surface area contributed by atoms with Crippen LogP contribution in [-0.4, -0.2) is 49.9 Å². The zero-order valence-electron chi connectivity index (χ0n) is 36.6. The molecule has 0 aromatic heterocycles. The summed E-state index contributed by atoms with van der Waals surface area (Å²) >= 11 is 0. The first kappa shape index (κ1) is 54.7. The van der Waals surface area contributed by atoms with Gasteiger partial charge in [0.25, 0.3) is 0 Å². The van der Waals surface area contributed by atoms with Gasteiger partial charge in [-0.2, -0.15) is 0 Å². The van der Waals surface area contributed by atoms with E-state index in [1.807, 2.05) is 0 Å². The Morgan fingerprint density at radius 3 is 1.45 bits per heavy atom. The number of rotatable bonds is 45. The Labute approximate surface area is 346 Å². The first-order valence-corrected chi connectivity index (χ1v) is 25.0. The van der Waals surface area contributed by atoms with Gasteiger partial charge in [-0.05, 0) is 70.6 Å². The van der Waals surface area contributed by atoms with Crippen molar-refractivity contribution in [2.24, 2.45) is 5.73 Å². The molecule has 0 radical (unpaired) electrons. The van der Waals surface area contributed by atoms with Gasteiger partial charge in [-0.1, -0.05) is 179 Å². The molecule has 0 aliphatic heterocycles. The number of hydrogen-bond acceptors (Lipinski definition) is 7. The summed E-state index contributed by atoms with van der Waals surface area (Å²) < 4.78 is 33.5. The van der Waals surface area contributed by atoms with Crippen LogP contribution in [0.1, 0.15) is 219 Å². The molecule has 0 fully saturated rings. The minimum Gasteiger partial charge on any atom is -0.457 e. The second-order valence-corrected chi connectivity index (χ2v) is 17.1. The highest BCUT2D eigenvalue weighted by Crippen LogP contribution is 2.43. The molecule has 0 aliphatic carbocycles. The number of ether oxygens (including phenoxy) is 2. The number of phosphoric acid groups is 1. The van der Waals surface area contributed by atoms with Crippen LogP contribution in [0.2, 0.25) is 0 Å². The summed E-state index contributed by atoms with van der Waals surface area (Å²) in [6.07, 6.45) is 51.6. The summed E-state index contributed by atoms with van der Waals surface area (Å²) in [7, 11) is -4.28. The molecule has 0 aromatic rings. The molecule has 9 heteroatoms. The van der Waals surface area contributed by atoms with E-state index in [4.69, 9.17) is 24.3 Å². The molecule has 330 valence electrons. The van der Waals surface area contributed by atoms with E-state index in [-0.39, 0.29) is 32.3 Å². The van der Waals surface area contributed by atoms with Gasteiger partial charge < -0.3 is 20.1 Å². The van der Waals surface area contributed by atoms with Crippen molar-refractivity contribution >= 4 is 13.8 Å². The lowest BCUT2D eigenvalue weighted by Crippen LogP contribution is -2.28. The molecule has 0 aliphatic rings. The van der Waals surface area contributed by atoms with Crippen molar-refractivity contribution < 1.29 is 32.8 Å². The van der Waals surface area contributed by atoms with E-state index in [9.17, 15) is 14.3 Å². The predicted octanol–water partition coefficient (Wildman–Crippen LogP) is 14.2. The van der Waals surface area contributed by atoms with Gasteiger partial charge in [0.2, 0.25) is 0 Å². The number of phosphoric ester groups is 1. The van der Waals surface area contributed by atoms with Crippen LogP contribution < -0.4 is 5.73 Å². The molecule has 0 aromatic carbocycles. The maximum Gasteiger partial charge on any atom is 0.472 e. The molecule has 0 heterocycles. The smallest absolute Gasteiger partial charge is 0.457 e. The fourth-order valence-corrected chi connectivity index (χ4v) is 7.32. The third kappa shape index (κ3) is 43.8. The van der Waals surface area contributed by atoms with Crippen LogP contribution in [0.4, 0.5) is 0 Å². The number of unbranched alkanes of at least 4 members (excludes halogenated alkanes) is 26. The van der Waals surface area contributed by atoms with E-state index in [2.05, 4.69) is 50.3 Å². The Kier molecular flexibility index (Phi) is 43.8. The molecule has 8 nitrogen and oxygen atoms in total. The lowest BCUT2D eigenvalue weighted by Gasteiger charge is -2.20. The highest BCUT2D eigenvalue weighted by molar-refractivity contribution is 7.47. The summed E-state index contributed by atoms with van der Waals surface area (Å²) in [5, 5.41) is 0. The van der Waals surface area contributed by atoms with Gasteiger partial charge in [-0.25, -0.2) is 4.57 Å². The van der Waals surface area contributed by atoms with Gasteiger partial charge in [-0.15, -0.1) is 0 Å². The number of carbonyl (C=O) groups is 1. The minimum atomic E-state index is -4.28. The topological polar surface area (TPSA) is 117 Å². The molecule has 0 saturated heterocycles. The molecule has 0 amide bonds. The molecular formula is C47H90NO7P. The van der Waals surface area contributed by atoms with E-state index in [0.717, 1.165) is 44.9 Å². The van der Waals surface area contributed by atoms with Crippen LogP contribution in [-0.2, 0) is 27.9 Å². The van der Waals surface area contributed by atoms with Gasteiger partial charge in [0.15, 0.2) is 0 Å². The lowest BCUT2D eigenvalue weighted by molar-refractivity contribution is -0.154. The summed E-state index contributed by atoms with van der Waals surface area (Å²) in [6, 6.07) is 0. The molecule has 2 atom stereocenters. The quantitative estimate of drug-likeness (QED) is 0.0270. The van der Waals surface area contributed by atoms with Crippen LogP contribution in [0.15, 0.2) is 36.5 Å². The van der Waals surface area contributed by atoms with Gasteiger partial charge in [0.1, 0.15) is 6.10 Å². The predicted molar refractivity (Wildman–Crippen MR) is 238 cm³/mol. The van der Waals surface area contributed by atoms with Gasteiger partial charge >= 0.3 is 13.8 Å². The lowest BCUT2D eigenvalue weighted by atomic mass is 10.1. The van der Waals surface area contributed by atoms with Crippen molar-refractivity contribution in [2.45, 2.75) is 225 Å². The van der Waals surface area contributed by atoms with Crippen molar-refractivity contribution in [2.75, 3.05) is 33.0 Å². The summed E-state index contributed by atoms with van der Waals surface area (Å²) in [6.45, 7) is 4.91. The zero-order valence-corrected chi connectivity index (χ0v) is 37.5. The third-order valence-corrected chi connectivity index (χ3v) is 11.0. The van der Waals surface area contributed by atoms with Crippen molar-refractivity contribution in [3.63, 3.8) is 0 Å². The number of hydrogen-bond donors (Lipinski definition) is 2. The van der Waals surface area contributed by atoms with E-state index >= 15 is 0 Å². The maximum absolute atomic E-state index is 12.6. The molecule has 56 heavy (non-hydrogen) atoms. The first-order chi connectivity index (χ1) is 27.4. The number of carbonyl (C=O) groups excluding carboxylic acids is 1. The van der Waals surface area contributed by atoms with Gasteiger partial charge in [0, 0.05) is 19.6 Å². The Hall–Kier alpha value is -1.28. The third-order valence-electron chi connectivity index (χ3n) is 10.0. The Morgan fingerprint density at radius 2 is 0.946 bits per heavy atom. The number of esters is 1. The second kappa shape index (κ2) is 44.8. The Morgan fingerprint density at radius 1 is 0.536 bits per heavy atom. The molecule has 0 bridgehead atoms. The summed E-state index contributed by atoms with van der Waals surface area (Å²) in [5.41, 5.74) is 5.38. The van der Waals surface area contributed by atoms with E-state index in [1.54, 1.807) is 0 Å². The molecule has 3 N–H and O–H groups in total. The zero-order chi connectivity index (χ0) is 40.9. The average molecular weight is 812 g/mol. The van der Waals surface area contributed by atoms with Gasteiger partial charge in [0.05, 0.1) is 19.8 Å². The van der Waals surface area contributed by atoms with Crippen molar-refractivity contribution in [3.05, 3.63) is 36.5 Å². The largest absolute Gasteiger partial charge is 0.472 e. The van der Waals surface area contributed by atoms with Crippen LogP contribution in [0, 0.1) is 0 Å². The SMILES string of the molecule is CCCCC/C=C\C/C=C\CCCCCCCCCC(=O)OC(COCCCCCCCCCCCC/C=C\CCCCCCCC)COP(=O)(O)OCCN. The monoisotopic (exact) mass is 812 g/mol. The molecule has 0 saturated carbocycles. The normalized spacial score (nSPS) is 13.7. The molecular weight excluding hydrogens is 721 g/mol. The van der Waals surface area contributed by atoms with Crippen LogP contribution in [0.3, 0.4) is 0 Å². The van der Waals surface area contributed by atoms with E-state index < -0.39 is 13.9 Å². The van der Waals surface area contributed by atoms with Crippen LogP contribution in [0.5, 0.6) is 0 Å². The Bertz CT molecular complexity index is 957. The summed E-state index contributed by atoms with van der Waals surface area (Å²) in [5.74, 6) is -0.337. The van der Waals surface area contributed by atoms with Gasteiger partial charge in [-0.3, -0.25) is 13.8 Å². The second-order valence-electron chi connectivity index (χ2n) is 15.6. The fraction of sp³-hybridized carbons (Fsp3) is 0.851. The maximum atomic E-state index is 12.6. The molecule has 0 spiro atoms. The van der Waals surface area contributed by atoms with Crippen molar-refractivity contribution in [1.82, 2.24) is 0 Å². The first-order valence-electron chi connectivity index (χ1n) is 23.5. The average Bonchev–Trinajstić information content (AvgIpc) is 3.19. The number of nitrogens with two attached hydrogens (primary N) is 1. The number of allylic oxidation sites excluding steroid dienone is 6. The van der Waals surface area contributed by atoms with Crippen LogP contribution in [0.25, 0.3) is 0 Å². The van der Waals surface area contributed by atoms with E-state index in [1.165, 1.54) is 154 Å². The Balaban J connectivity index is 3.98. The fourth-order valence-electron chi connectivity index (χ4n) is 6.55. The minimum absolute atomic E-state index is 0.0971. The highest BCUT2D eigenvalue weighted by atomic mass is 31.2. The van der Waals surface area contributed by atoms with Crippen molar-refractivity contribution in [3.8, 4) is 0 Å². The molecule has 0 rings (SSSR count). The van der Waals surface area contributed by atoms with Crippen LogP contribution >= 0.6 is 7.82 Å². The summed E-state index contributed by atoms with van der Waals surface area (Å²) in [4.78, 5) is 22.5. The highest BCUT2D eigenvalue weighted by Gasteiger charge is 2.25.